The van der Waals surface area contributed by atoms with Crippen LogP contribution in [-0.4, -0.2) is 23.2 Å². The van der Waals surface area contributed by atoms with Crippen LogP contribution in [0, 0.1) is 0 Å². The summed E-state index contributed by atoms with van der Waals surface area (Å²) in [5.74, 6) is 0.00607. The Morgan fingerprint density at radius 1 is 1.30 bits per heavy atom. The molecule has 0 aliphatic rings. The van der Waals surface area contributed by atoms with E-state index < -0.39 is 5.97 Å². The molecule has 0 radical (unpaired) electrons. The van der Waals surface area contributed by atoms with Crippen molar-refractivity contribution in [2.45, 2.75) is 13.0 Å². The Morgan fingerprint density at radius 3 is 2.70 bits per heavy atom. The molecule has 2 rings (SSSR count). The number of benzene rings is 1. The molecule has 20 heavy (non-hydrogen) atoms. The number of carbonyl (C=O) groups is 1. The van der Waals surface area contributed by atoms with Crippen LogP contribution in [0.25, 0.3) is 0 Å². The standard InChI is InChI=1S/C15H15NO4/c1-19-14-7-12(9-16-13(14)8-15(17)18)20-10-11-5-3-2-4-6-11/h2-7,9H,8,10H2,1H3,(H,17,18). The van der Waals surface area contributed by atoms with E-state index in [1.807, 2.05) is 30.3 Å². The Labute approximate surface area is 116 Å². The zero-order valence-electron chi connectivity index (χ0n) is 11.1. The molecule has 0 saturated heterocycles. The molecule has 2 aromatic rings. The first-order valence-electron chi connectivity index (χ1n) is 6.10. The fraction of sp³-hybridized carbons (Fsp3) is 0.200. The Bertz CT molecular complexity index is 584. The zero-order chi connectivity index (χ0) is 14.4. The molecule has 0 spiro atoms. The summed E-state index contributed by atoms with van der Waals surface area (Å²) >= 11 is 0. The van der Waals surface area contributed by atoms with Crippen molar-refractivity contribution in [1.29, 1.82) is 0 Å². The van der Waals surface area contributed by atoms with Crippen LogP contribution in [0.2, 0.25) is 0 Å². The van der Waals surface area contributed by atoms with Crippen molar-refractivity contribution in [1.82, 2.24) is 4.98 Å². The Hall–Kier alpha value is -2.56. The maximum absolute atomic E-state index is 10.7. The zero-order valence-corrected chi connectivity index (χ0v) is 11.1. The first kappa shape index (κ1) is 13.9. The first-order valence-corrected chi connectivity index (χ1v) is 6.10. The van der Waals surface area contributed by atoms with Crippen molar-refractivity contribution in [3.63, 3.8) is 0 Å². The second-order valence-corrected chi connectivity index (χ2v) is 4.16. The average molecular weight is 273 g/mol. The van der Waals surface area contributed by atoms with E-state index in [1.54, 1.807) is 6.07 Å². The number of ether oxygens (including phenoxy) is 2. The monoisotopic (exact) mass is 273 g/mol. The number of carboxylic acid groups (broad SMARTS) is 1. The van der Waals surface area contributed by atoms with Crippen LogP contribution in [0.4, 0.5) is 0 Å². The van der Waals surface area contributed by atoms with Crippen molar-refractivity contribution in [2.75, 3.05) is 7.11 Å². The molecule has 5 nitrogen and oxygen atoms in total. The summed E-state index contributed by atoms with van der Waals surface area (Å²) in [6, 6.07) is 11.4. The van der Waals surface area contributed by atoms with E-state index in [0.29, 0.717) is 23.8 Å². The van der Waals surface area contributed by atoms with Gasteiger partial charge in [0, 0.05) is 6.07 Å². The second kappa shape index (κ2) is 6.56. The molecule has 1 aromatic carbocycles. The Balaban J connectivity index is 2.07. The number of carboxylic acids is 1. The molecule has 1 heterocycles. The summed E-state index contributed by atoms with van der Waals surface area (Å²) < 4.78 is 10.7. The van der Waals surface area contributed by atoms with Crippen LogP contribution in [0.15, 0.2) is 42.6 Å². The summed E-state index contributed by atoms with van der Waals surface area (Å²) in [6.45, 7) is 0.421. The Morgan fingerprint density at radius 2 is 2.05 bits per heavy atom. The lowest BCUT2D eigenvalue weighted by Crippen LogP contribution is -2.05. The van der Waals surface area contributed by atoms with Gasteiger partial charge >= 0.3 is 5.97 Å². The SMILES string of the molecule is COc1cc(OCc2ccccc2)cnc1CC(=O)O. The van der Waals surface area contributed by atoms with Gasteiger partial charge in [0.1, 0.15) is 18.1 Å². The summed E-state index contributed by atoms with van der Waals surface area (Å²) in [6.07, 6.45) is 1.33. The lowest BCUT2D eigenvalue weighted by atomic mass is 10.2. The number of aliphatic carboxylic acids is 1. The molecule has 1 aromatic heterocycles. The molecule has 104 valence electrons. The van der Waals surface area contributed by atoms with Crippen molar-refractivity contribution < 1.29 is 19.4 Å². The van der Waals surface area contributed by atoms with Gasteiger partial charge < -0.3 is 14.6 Å². The van der Waals surface area contributed by atoms with Crippen molar-refractivity contribution in [3.05, 3.63) is 53.9 Å². The predicted octanol–water partition coefficient (Wildman–Crippen LogP) is 2.30. The van der Waals surface area contributed by atoms with Crippen LogP contribution in [0.1, 0.15) is 11.3 Å². The normalized spacial score (nSPS) is 10.1. The smallest absolute Gasteiger partial charge is 0.309 e. The van der Waals surface area contributed by atoms with Gasteiger partial charge in [-0.15, -0.1) is 0 Å². The maximum Gasteiger partial charge on any atom is 0.309 e. The number of pyridine rings is 1. The highest BCUT2D eigenvalue weighted by Gasteiger charge is 2.10. The molecule has 0 saturated carbocycles. The molecular weight excluding hydrogens is 258 g/mol. The lowest BCUT2D eigenvalue weighted by Gasteiger charge is -2.10. The molecule has 0 aliphatic heterocycles. The van der Waals surface area contributed by atoms with Crippen molar-refractivity contribution >= 4 is 5.97 Å². The van der Waals surface area contributed by atoms with Gasteiger partial charge in [-0.25, -0.2) is 0 Å². The number of hydrogen-bond donors (Lipinski definition) is 1. The van der Waals surface area contributed by atoms with Crippen LogP contribution in [0.3, 0.4) is 0 Å². The van der Waals surface area contributed by atoms with Gasteiger partial charge in [-0.05, 0) is 5.56 Å². The van der Waals surface area contributed by atoms with Crippen molar-refractivity contribution in [2.24, 2.45) is 0 Å². The van der Waals surface area contributed by atoms with E-state index >= 15 is 0 Å². The summed E-state index contributed by atoms with van der Waals surface area (Å²) in [7, 11) is 1.48. The highest BCUT2D eigenvalue weighted by atomic mass is 16.5. The van der Waals surface area contributed by atoms with Crippen LogP contribution in [-0.2, 0) is 17.8 Å². The molecule has 0 bridgehead atoms. The molecule has 0 unspecified atom stereocenters. The molecule has 0 amide bonds. The minimum atomic E-state index is -0.950. The van der Waals surface area contributed by atoms with E-state index in [1.165, 1.54) is 13.3 Å². The largest absolute Gasteiger partial charge is 0.495 e. The van der Waals surface area contributed by atoms with E-state index in [9.17, 15) is 4.79 Å². The third-order valence-corrected chi connectivity index (χ3v) is 2.69. The van der Waals surface area contributed by atoms with Gasteiger partial charge in [0.15, 0.2) is 0 Å². The highest BCUT2D eigenvalue weighted by Crippen LogP contribution is 2.23. The second-order valence-electron chi connectivity index (χ2n) is 4.16. The minimum absolute atomic E-state index is 0.178. The predicted molar refractivity (Wildman–Crippen MR) is 72.9 cm³/mol. The number of aromatic nitrogens is 1. The fourth-order valence-corrected chi connectivity index (χ4v) is 1.73. The molecule has 0 fully saturated rings. The Kier molecular flexibility index (Phi) is 4.55. The van der Waals surface area contributed by atoms with E-state index in [2.05, 4.69) is 4.98 Å². The number of hydrogen-bond acceptors (Lipinski definition) is 4. The average Bonchev–Trinajstić information content (AvgIpc) is 2.46. The summed E-state index contributed by atoms with van der Waals surface area (Å²) in [5.41, 5.74) is 1.42. The quantitative estimate of drug-likeness (QED) is 0.874. The van der Waals surface area contributed by atoms with Gasteiger partial charge in [0.2, 0.25) is 0 Å². The molecule has 0 aliphatic carbocycles. The van der Waals surface area contributed by atoms with E-state index in [4.69, 9.17) is 14.6 Å². The summed E-state index contributed by atoms with van der Waals surface area (Å²) in [5, 5.41) is 8.78. The highest BCUT2D eigenvalue weighted by molar-refractivity contribution is 5.70. The lowest BCUT2D eigenvalue weighted by molar-refractivity contribution is -0.136. The van der Waals surface area contributed by atoms with Crippen molar-refractivity contribution in [3.8, 4) is 11.5 Å². The third kappa shape index (κ3) is 3.71. The third-order valence-electron chi connectivity index (χ3n) is 2.69. The van der Waals surface area contributed by atoms with Gasteiger partial charge in [0.05, 0.1) is 25.4 Å². The van der Waals surface area contributed by atoms with Gasteiger partial charge in [-0.1, -0.05) is 30.3 Å². The first-order chi connectivity index (χ1) is 9.69. The topological polar surface area (TPSA) is 68.7 Å². The molecule has 1 N–H and O–H groups in total. The molecule has 5 heteroatoms. The maximum atomic E-state index is 10.7. The van der Waals surface area contributed by atoms with Crippen LogP contribution < -0.4 is 9.47 Å². The minimum Gasteiger partial charge on any atom is -0.495 e. The number of rotatable bonds is 6. The van der Waals surface area contributed by atoms with E-state index in [0.717, 1.165) is 5.56 Å². The number of nitrogens with zero attached hydrogens (tertiary/aromatic N) is 1. The van der Waals surface area contributed by atoms with Gasteiger partial charge in [0.25, 0.3) is 0 Å². The number of methoxy groups -OCH3 is 1. The molecular formula is C15H15NO4. The summed E-state index contributed by atoms with van der Waals surface area (Å²) in [4.78, 5) is 14.8. The van der Waals surface area contributed by atoms with Gasteiger partial charge in [-0.3, -0.25) is 9.78 Å². The molecule has 0 atom stereocenters. The fourth-order valence-electron chi connectivity index (χ4n) is 1.73. The van der Waals surface area contributed by atoms with Gasteiger partial charge in [-0.2, -0.15) is 0 Å². The van der Waals surface area contributed by atoms with Crippen LogP contribution in [0.5, 0.6) is 11.5 Å². The van der Waals surface area contributed by atoms with Crippen LogP contribution >= 0.6 is 0 Å². The van der Waals surface area contributed by atoms with E-state index in [-0.39, 0.29) is 6.42 Å².